The lowest BCUT2D eigenvalue weighted by Crippen LogP contribution is -2.49. The van der Waals surface area contributed by atoms with Gasteiger partial charge in [-0.25, -0.2) is 4.57 Å². The van der Waals surface area contributed by atoms with Gasteiger partial charge in [-0.15, -0.1) is 0 Å². The molecule has 0 heterocycles. The molecule has 0 bridgehead atoms. The third kappa shape index (κ3) is 33.8. The third-order valence-corrected chi connectivity index (χ3v) is 12.6. The van der Waals surface area contributed by atoms with Crippen molar-refractivity contribution in [1.29, 1.82) is 0 Å². The minimum atomic E-state index is -4.18. The van der Waals surface area contributed by atoms with E-state index in [1.165, 1.54) is 167 Å². The van der Waals surface area contributed by atoms with Gasteiger partial charge in [-0.2, -0.15) is 0 Å². The van der Waals surface area contributed by atoms with E-state index in [-0.39, 0.29) is 13.2 Å². The number of hydrogen-bond donors (Lipinski definition) is 1. The number of quaternary nitrogens is 1. The molecule has 0 amide bonds. The fourth-order valence-electron chi connectivity index (χ4n) is 7.33. The molecule has 0 aromatic carbocycles. The largest absolute Gasteiger partial charge is 0.472 e. The first kappa shape index (κ1) is 53.0. The molecular weight excluding hydrogens is 681 g/mol. The van der Waals surface area contributed by atoms with E-state index in [1.54, 1.807) is 0 Å². The number of unbranched alkanes of at least 4 members (excludes halogenated alkanes) is 26. The molecule has 0 spiro atoms. The van der Waals surface area contributed by atoms with E-state index in [4.69, 9.17) is 18.5 Å². The number of rotatable bonds is 44. The summed E-state index contributed by atoms with van der Waals surface area (Å²) >= 11 is 0. The second kappa shape index (κ2) is 37.6. The zero-order chi connectivity index (χ0) is 39.2. The lowest BCUT2D eigenvalue weighted by molar-refractivity contribution is -0.923. The molecule has 0 aliphatic rings. The number of hydrogen-bond acceptors (Lipinski definition) is 5. The summed E-state index contributed by atoms with van der Waals surface area (Å²) < 4.78 is 37.1. The van der Waals surface area contributed by atoms with Crippen LogP contribution in [0, 0.1) is 5.41 Å². The Morgan fingerprint density at radius 2 is 0.736 bits per heavy atom. The van der Waals surface area contributed by atoms with E-state index in [1.807, 2.05) is 6.92 Å². The minimum Gasteiger partial charge on any atom is -0.381 e. The molecule has 1 unspecified atom stereocenters. The molecule has 0 saturated heterocycles. The molecule has 53 heavy (non-hydrogen) atoms. The van der Waals surface area contributed by atoms with Crippen LogP contribution < -0.4 is 0 Å². The SMILES string of the molecule is CCCCCCCCCCCCCCCCOCC(C)(COCCCCCCCCCCCCCCCC)COP(=O)(O)OCC[N+](CC)(CC)CC. The molecule has 7 nitrogen and oxygen atoms in total. The summed E-state index contributed by atoms with van der Waals surface area (Å²) in [5, 5.41) is 0. The highest BCUT2D eigenvalue weighted by Gasteiger charge is 2.32. The second-order valence-electron chi connectivity index (χ2n) is 16.7. The zero-order valence-corrected chi connectivity index (χ0v) is 37.6. The Labute approximate surface area is 332 Å². The third-order valence-electron chi connectivity index (χ3n) is 11.6. The predicted octanol–water partition coefficient (Wildman–Crippen LogP) is 14.0. The fraction of sp³-hybridized carbons (Fsp3) is 1.00. The first-order chi connectivity index (χ1) is 25.7. The van der Waals surface area contributed by atoms with Crippen molar-refractivity contribution in [3.63, 3.8) is 0 Å². The maximum atomic E-state index is 12.9. The van der Waals surface area contributed by atoms with Crippen molar-refractivity contribution < 1.29 is 32.5 Å². The minimum absolute atomic E-state index is 0.0631. The maximum absolute atomic E-state index is 12.9. The van der Waals surface area contributed by atoms with Crippen molar-refractivity contribution in [2.24, 2.45) is 5.41 Å². The van der Waals surface area contributed by atoms with Crippen molar-refractivity contribution in [2.75, 3.05) is 65.8 Å². The van der Waals surface area contributed by atoms with Crippen LogP contribution >= 0.6 is 7.82 Å². The maximum Gasteiger partial charge on any atom is 0.472 e. The van der Waals surface area contributed by atoms with Gasteiger partial charge in [-0.05, 0) is 33.6 Å². The smallest absolute Gasteiger partial charge is 0.381 e. The lowest BCUT2D eigenvalue weighted by atomic mass is 9.94. The first-order valence-corrected chi connectivity index (χ1v) is 24.8. The molecular formula is C45H95NO6P+. The van der Waals surface area contributed by atoms with E-state index in [0.29, 0.717) is 33.0 Å². The number of phosphoric ester groups is 1. The van der Waals surface area contributed by atoms with E-state index >= 15 is 0 Å². The molecule has 0 aromatic heterocycles. The summed E-state index contributed by atoms with van der Waals surface area (Å²) in [6.07, 6.45) is 37.4. The summed E-state index contributed by atoms with van der Waals surface area (Å²) in [5.41, 5.74) is -0.524. The van der Waals surface area contributed by atoms with Crippen molar-refractivity contribution in [3.8, 4) is 0 Å². The topological polar surface area (TPSA) is 74.2 Å². The quantitative estimate of drug-likeness (QED) is 0.0377. The molecule has 0 radical (unpaired) electrons. The Kier molecular flexibility index (Phi) is 37.6. The standard InChI is InChI=1S/C45H94NO6P/c1-7-12-14-16-18-20-22-24-26-28-30-32-34-36-39-49-42-45(6,44-52-53(47,48)51-41-38-46(9-3,10-4)11-5)43-50-40-37-35-33-31-29-27-25-23-21-19-17-15-13-8-2/h7-44H2,1-6H3/p+1. The highest BCUT2D eigenvalue weighted by molar-refractivity contribution is 7.47. The fourth-order valence-corrected chi connectivity index (χ4v) is 8.19. The van der Waals surface area contributed by atoms with Crippen LogP contribution in [-0.4, -0.2) is 75.2 Å². The van der Waals surface area contributed by atoms with E-state index in [2.05, 4.69) is 34.6 Å². The van der Waals surface area contributed by atoms with Crippen LogP contribution in [0.3, 0.4) is 0 Å². The van der Waals surface area contributed by atoms with E-state index < -0.39 is 13.2 Å². The van der Waals surface area contributed by atoms with Crippen molar-refractivity contribution in [1.82, 2.24) is 0 Å². The summed E-state index contributed by atoms with van der Waals surface area (Å²) in [7, 11) is -4.18. The van der Waals surface area contributed by atoms with Crippen molar-refractivity contribution in [2.45, 2.75) is 221 Å². The van der Waals surface area contributed by atoms with Gasteiger partial charge in [0.1, 0.15) is 13.2 Å². The van der Waals surface area contributed by atoms with E-state index in [0.717, 1.165) is 37.0 Å². The van der Waals surface area contributed by atoms with Gasteiger partial charge >= 0.3 is 7.82 Å². The van der Waals surface area contributed by atoms with Crippen LogP contribution in [0.2, 0.25) is 0 Å². The van der Waals surface area contributed by atoms with Gasteiger partial charge in [0.15, 0.2) is 0 Å². The molecule has 0 saturated carbocycles. The molecule has 1 N–H and O–H groups in total. The second-order valence-corrected chi connectivity index (χ2v) is 18.2. The first-order valence-electron chi connectivity index (χ1n) is 23.3. The molecule has 0 aliphatic heterocycles. The van der Waals surface area contributed by atoms with Gasteiger partial charge < -0.3 is 18.9 Å². The molecule has 320 valence electrons. The van der Waals surface area contributed by atoms with Crippen LogP contribution in [0.4, 0.5) is 0 Å². The number of likely N-dealkylation sites (N-methyl/N-ethyl adjacent to an activating group) is 1. The van der Waals surface area contributed by atoms with Gasteiger partial charge in [0.25, 0.3) is 0 Å². The van der Waals surface area contributed by atoms with Crippen LogP contribution in [-0.2, 0) is 23.1 Å². The Bertz CT molecular complexity index is 751. The molecule has 1 atom stereocenters. The number of phosphoric acid groups is 1. The van der Waals surface area contributed by atoms with Gasteiger partial charge in [-0.3, -0.25) is 9.05 Å². The normalized spacial score (nSPS) is 13.6. The summed E-state index contributed by atoms with van der Waals surface area (Å²) in [4.78, 5) is 10.5. The summed E-state index contributed by atoms with van der Waals surface area (Å²) in [6, 6.07) is 0. The average Bonchev–Trinajstić information content (AvgIpc) is 3.15. The van der Waals surface area contributed by atoms with Crippen LogP contribution in [0.25, 0.3) is 0 Å². The van der Waals surface area contributed by atoms with Crippen LogP contribution in [0.15, 0.2) is 0 Å². The van der Waals surface area contributed by atoms with Crippen molar-refractivity contribution in [3.05, 3.63) is 0 Å². The molecule has 0 rings (SSSR count). The van der Waals surface area contributed by atoms with E-state index in [9.17, 15) is 9.46 Å². The monoisotopic (exact) mass is 777 g/mol. The Balaban J connectivity index is 4.40. The van der Waals surface area contributed by atoms with Gasteiger partial charge in [0.2, 0.25) is 0 Å². The van der Waals surface area contributed by atoms with Crippen LogP contribution in [0.5, 0.6) is 0 Å². The molecule has 8 heteroatoms. The predicted molar refractivity (Wildman–Crippen MR) is 229 cm³/mol. The Morgan fingerprint density at radius 3 is 1.04 bits per heavy atom. The summed E-state index contributed by atoms with van der Waals surface area (Å²) in [6.45, 7) is 19.2. The number of ether oxygens (including phenoxy) is 2. The van der Waals surface area contributed by atoms with Crippen LogP contribution in [0.1, 0.15) is 221 Å². The molecule has 0 aliphatic carbocycles. The Morgan fingerprint density at radius 1 is 0.434 bits per heavy atom. The zero-order valence-electron chi connectivity index (χ0n) is 36.8. The lowest BCUT2D eigenvalue weighted by Gasteiger charge is -2.35. The van der Waals surface area contributed by atoms with Gasteiger partial charge in [0, 0.05) is 18.6 Å². The Hall–Kier alpha value is -0.0100. The van der Waals surface area contributed by atoms with Gasteiger partial charge in [0.05, 0.1) is 39.5 Å². The molecule has 0 fully saturated rings. The average molecular weight is 777 g/mol. The van der Waals surface area contributed by atoms with Crippen molar-refractivity contribution >= 4 is 7.82 Å². The molecule has 0 aromatic rings. The number of nitrogens with zero attached hydrogens (tertiary/aromatic N) is 1. The highest BCUT2D eigenvalue weighted by Crippen LogP contribution is 2.44. The summed E-state index contributed by atoms with van der Waals surface area (Å²) in [5.74, 6) is 0. The van der Waals surface area contributed by atoms with Gasteiger partial charge in [-0.1, -0.05) is 188 Å². The highest BCUT2D eigenvalue weighted by atomic mass is 31.2.